The second kappa shape index (κ2) is 6.33. The number of aryl methyl sites for hydroxylation is 1. The Hall–Kier alpha value is -2.86. The lowest BCUT2D eigenvalue weighted by Gasteiger charge is -2.14. The quantitative estimate of drug-likeness (QED) is 0.858. The van der Waals surface area contributed by atoms with E-state index in [0.717, 1.165) is 22.2 Å². The van der Waals surface area contributed by atoms with E-state index in [1.54, 1.807) is 30.3 Å². The standard InChI is InChI=1S/C18H13NO4S/c1-11-6-2-5-9-14(11)19-16(20)15(24-18(19)23)10-12-7-3-4-8-13(12)17(21)22/h2-10H,1H3,(H,21,22)/b15-10+. The topological polar surface area (TPSA) is 74.7 Å². The fourth-order valence-electron chi connectivity index (χ4n) is 2.45. The number of carboxylic acids is 1. The summed E-state index contributed by atoms with van der Waals surface area (Å²) in [6.07, 6.45) is 1.45. The largest absolute Gasteiger partial charge is 0.478 e. The van der Waals surface area contributed by atoms with Crippen LogP contribution < -0.4 is 4.90 Å². The molecule has 2 amide bonds. The summed E-state index contributed by atoms with van der Waals surface area (Å²) < 4.78 is 0. The highest BCUT2D eigenvalue weighted by Crippen LogP contribution is 2.37. The maximum atomic E-state index is 12.6. The summed E-state index contributed by atoms with van der Waals surface area (Å²) in [5.74, 6) is -1.53. The molecule has 0 bridgehead atoms. The van der Waals surface area contributed by atoms with E-state index in [9.17, 15) is 19.5 Å². The number of para-hydroxylation sites is 1. The minimum atomic E-state index is -1.08. The smallest absolute Gasteiger partial charge is 0.336 e. The lowest BCUT2D eigenvalue weighted by Crippen LogP contribution is -2.28. The second-order valence-corrected chi connectivity index (χ2v) is 6.19. The van der Waals surface area contributed by atoms with Gasteiger partial charge in [0.25, 0.3) is 11.1 Å². The number of rotatable bonds is 3. The molecule has 24 heavy (non-hydrogen) atoms. The number of benzene rings is 2. The molecule has 2 aromatic rings. The monoisotopic (exact) mass is 339 g/mol. The Bertz CT molecular complexity index is 888. The predicted molar refractivity (Wildman–Crippen MR) is 93.0 cm³/mol. The molecule has 0 unspecified atom stereocenters. The summed E-state index contributed by atoms with van der Waals surface area (Å²) in [5.41, 5.74) is 1.82. The first kappa shape index (κ1) is 16.0. The zero-order valence-corrected chi connectivity index (χ0v) is 13.5. The maximum absolute atomic E-state index is 12.6. The van der Waals surface area contributed by atoms with Crippen molar-refractivity contribution in [1.82, 2.24) is 0 Å². The fourth-order valence-corrected chi connectivity index (χ4v) is 3.27. The number of carbonyl (C=O) groups is 3. The summed E-state index contributed by atoms with van der Waals surface area (Å²) in [6, 6.07) is 13.5. The van der Waals surface area contributed by atoms with Gasteiger partial charge in [0, 0.05) is 0 Å². The molecule has 5 nitrogen and oxygen atoms in total. The predicted octanol–water partition coefficient (Wildman–Crippen LogP) is 3.93. The van der Waals surface area contributed by atoms with Gasteiger partial charge < -0.3 is 5.11 Å². The van der Waals surface area contributed by atoms with Crippen LogP contribution in [0.15, 0.2) is 53.4 Å². The molecule has 1 N–H and O–H groups in total. The van der Waals surface area contributed by atoms with Crippen LogP contribution in [-0.4, -0.2) is 22.2 Å². The van der Waals surface area contributed by atoms with E-state index in [1.165, 1.54) is 12.1 Å². The SMILES string of the molecule is Cc1ccccc1N1C(=O)S/C(=C/c2ccccc2C(=O)O)C1=O. The van der Waals surface area contributed by atoms with Gasteiger partial charge in [-0.1, -0.05) is 36.4 Å². The number of anilines is 1. The number of carbonyl (C=O) groups excluding carboxylic acids is 2. The van der Waals surface area contributed by atoms with Crippen molar-refractivity contribution < 1.29 is 19.5 Å². The molecule has 0 atom stereocenters. The molecule has 1 heterocycles. The van der Waals surface area contributed by atoms with Gasteiger partial charge in [-0.3, -0.25) is 9.59 Å². The first-order valence-electron chi connectivity index (χ1n) is 7.15. The number of amides is 2. The van der Waals surface area contributed by atoms with E-state index in [2.05, 4.69) is 0 Å². The van der Waals surface area contributed by atoms with Gasteiger partial charge >= 0.3 is 5.97 Å². The molecule has 2 aromatic carbocycles. The molecular weight excluding hydrogens is 326 g/mol. The highest BCUT2D eigenvalue weighted by molar-refractivity contribution is 8.19. The summed E-state index contributed by atoms with van der Waals surface area (Å²) in [4.78, 5) is 37.5. The van der Waals surface area contributed by atoms with Crippen molar-refractivity contribution in [3.05, 3.63) is 70.1 Å². The Morgan fingerprint density at radius 2 is 1.75 bits per heavy atom. The molecule has 0 spiro atoms. The van der Waals surface area contributed by atoms with Gasteiger partial charge in [-0.05, 0) is 48.0 Å². The van der Waals surface area contributed by atoms with Gasteiger partial charge in [-0.15, -0.1) is 0 Å². The highest BCUT2D eigenvalue weighted by atomic mass is 32.2. The van der Waals surface area contributed by atoms with Crippen LogP contribution in [0.2, 0.25) is 0 Å². The molecule has 3 rings (SSSR count). The van der Waals surface area contributed by atoms with Crippen LogP contribution in [-0.2, 0) is 4.79 Å². The minimum absolute atomic E-state index is 0.0835. The van der Waals surface area contributed by atoms with Crippen LogP contribution in [0.4, 0.5) is 10.5 Å². The van der Waals surface area contributed by atoms with Crippen LogP contribution in [0.1, 0.15) is 21.5 Å². The van der Waals surface area contributed by atoms with Gasteiger partial charge in [0.15, 0.2) is 0 Å². The maximum Gasteiger partial charge on any atom is 0.336 e. The summed E-state index contributed by atoms with van der Waals surface area (Å²) in [5, 5.41) is 8.83. The zero-order chi connectivity index (χ0) is 17.3. The lowest BCUT2D eigenvalue weighted by molar-refractivity contribution is -0.113. The molecule has 0 saturated carbocycles. The Morgan fingerprint density at radius 1 is 1.08 bits per heavy atom. The third-order valence-electron chi connectivity index (χ3n) is 3.63. The van der Waals surface area contributed by atoms with E-state index < -0.39 is 17.1 Å². The molecule has 1 aliphatic heterocycles. The Labute approximate surface area is 142 Å². The number of nitrogens with zero attached hydrogens (tertiary/aromatic N) is 1. The van der Waals surface area contributed by atoms with Crippen molar-refractivity contribution in [3.63, 3.8) is 0 Å². The fraction of sp³-hybridized carbons (Fsp3) is 0.0556. The molecule has 0 aromatic heterocycles. The molecule has 0 aliphatic carbocycles. The van der Waals surface area contributed by atoms with E-state index in [-0.39, 0.29) is 10.5 Å². The average Bonchev–Trinajstić information content (AvgIpc) is 2.82. The minimum Gasteiger partial charge on any atom is -0.478 e. The summed E-state index contributed by atoms with van der Waals surface area (Å²) in [7, 11) is 0. The van der Waals surface area contributed by atoms with Crippen LogP contribution in [0.3, 0.4) is 0 Å². The number of thioether (sulfide) groups is 1. The first-order chi connectivity index (χ1) is 11.5. The zero-order valence-electron chi connectivity index (χ0n) is 12.7. The third-order valence-corrected chi connectivity index (χ3v) is 4.50. The van der Waals surface area contributed by atoms with E-state index >= 15 is 0 Å². The molecule has 1 fully saturated rings. The van der Waals surface area contributed by atoms with Gasteiger partial charge in [-0.25, -0.2) is 9.69 Å². The Balaban J connectivity index is 2.01. The van der Waals surface area contributed by atoms with Crippen molar-refractivity contribution in [2.45, 2.75) is 6.92 Å². The van der Waals surface area contributed by atoms with Gasteiger partial charge in [0.1, 0.15) is 0 Å². The van der Waals surface area contributed by atoms with Crippen molar-refractivity contribution >= 4 is 40.6 Å². The lowest BCUT2D eigenvalue weighted by atomic mass is 10.1. The van der Waals surface area contributed by atoms with Gasteiger partial charge in [0.05, 0.1) is 16.2 Å². The third kappa shape index (κ3) is 2.83. The Kier molecular flexibility index (Phi) is 4.22. The number of hydrogen-bond acceptors (Lipinski definition) is 4. The Morgan fingerprint density at radius 3 is 2.46 bits per heavy atom. The van der Waals surface area contributed by atoms with Gasteiger partial charge in [-0.2, -0.15) is 0 Å². The van der Waals surface area contributed by atoms with Crippen molar-refractivity contribution in [2.75, 3.05) is 4.90 Å². The highest BCUT2D eigenvalue weighted by Gasteiger charge is 2.37. The van der Waals surface area contributed by atoms with Gasteiger partial charge in [0.2, 0.25) is 0 Å². The molecule has 1 aliphatic rings. The number of imide groups is 1. The normalized spacial score (nSPS) is 16.0. The van der Waals surface area contributed by atoms with E-state index in [0.29, 0.717) is 11.3 Å². The van der Waals surface area contributed by atoms with Crippen LogP contribution >= 0.6 is 11.8 Å². The summed E-state index contributed by atoms with van der Waals surface area (Å²) in [6.45, 7) is 1.82. The molecule has 0 radical (unpaired) electrons. The van der Waals surface area contributed by atoms with Crippen molar-refractivity contribution in [2.24, 2.45) is 0 Å². The molecule has 1 saturated heterocycles. The number of hydrogen-bond donors (Lipinski definition) is 1. The van der Waals surface area contributed by atoms with Crippen LogP contribution in [0, 0.1) is 6.92 Å². The number of aromatic carboxylic acids is 1. The van der Waals surface area contributed by atoms with E-state index in [4.69, 9.17) is 0 Å². The summed E-state index contributed by atoms with van der Waals surface area (Å²) >= 11 is 0.806. The first-order valence-corrected chi connectivity index (χ1v) is 7.96. The van der Waals surface area contributed by atoms with Crippen LogP contribution in [0.5, 0.6) is 0 Å². The van der Waals surface area contributed by atoms with Crippen molar-refractivity contribution in [3.8, 4) is 0 Å². The second-order valence-electron chi connectivity index (χ2n) is 5.20. The van der Waals surface area contributed by atoms with Crippen LogP contribution in [0.25, 0.3) is 6.08 Å². The molecule has 120 valence electrons. The number of carboxylic acid groups (broad SMARTS) is 1. The average molecular weight is 339 g/mol. The van der Waals surface area contributed by atoms with E-state index in [1.807, 2.05) is 19.1 Å². The molecular formula is C18H13NO4S. The molecule has 6 heteroatoms. The van der Waals surface area contributed by atoms with Crippen molar-refractivity contribution in [1.29, 1.82) is 0 Å².